The van der Waals surface area contributed by atoms with Gasteiger partial charge >= 0.3 is 0 Å². The average molecular weight is 280 g/mol. The van der Waals surface area contributed by atoms with Crippen LogP contribution in [0.5, 0.6) is 0 Å². The first-order valence-corrected chi connectivity index (χ1v) is 6.58. The van der Waals surface area contributed by atoms with Crippen molar-refractivity contribution in [1.82, 2.24) is 5.32 Å². The lowest BCUT2D eigenvalue weighted by Gasteiger charge is -2.25. The summed E-state index contributed by atoms with van der Waals surface area (Å²) in [4.78, 5) is 11.2. The molecule has 4 heteroatoms. The quantitative estimate of drug-likeness (QED) is 0.548. The zero-order valence-corrected chi connectivity index (χ0v) is 11.5. The van der Waals surface area contributed by atoms with Gasteiger partial charge in [-0.25, -0.2) is 0 Å². The molecule has 0 saturated heterocycles. The molecule has 0 spiro atoms. The van der Waals surface area contributed by atoms with Crippen LogP contribution in [0.4, 0.5) is 0 Å². The lowest BCUT2D eigenvalue weighted by atomic mass is 9.99. The Bertz CT molecular complexity index is 183. The number of carbonyl (C=O) groups excluding carboxylic acids is 1. The Hall–Kier alpha value is -0.0900. The van der Waals surface area contributed by atoms with Gasteiger partial charge in [0.15, 0.2) is 0 Å². The number of hydrogen-bond acceptors (Lipinski definition) is 2. The molecule has 15 heavy (non-hydrogen) atoms. The second kappa shape index (κ2) is 8.11. The van der Waals surface area contributed by atoms with Gasteiger partial charge in [0.1, 0.15) is 0 Å². The normalized spacial score (nSPS) is 11.5. The van der Waals surface area contributed by atoms with Gasteiger partial charge in [-0.2, -0.15) is 0 Å². The Labute approximate surface area is 101 Å². The summed E-state index contributed by atoms with van der Waals surface area (Å²) in [7, 11) is 0. The topological polar surface area (TPSA) is 38.3 Å². The molecule has 0 aromatic carbocycles. The lowest BCUT2D eigenvalue weighted by molar-refractivity contribution is -0.120. The van der Waals surface area contributed by atoms with Crippen LogP contribution in [-0.4, -0.2) is 30.0 Å². The van der Waals surface area contributed by atoms with E-state index < -0.39 is 0 Å². The van der Waals surface area contributed by atoms with Gasteiger partial charge in [0.2, 0.25) is 5.91 Å². The standard InChI is InChI=1S/C11H22BrNO2/c1-4-7-15-8-5-6-11(2,3)13-10(14)9-12/h4-9H2,1-3H3,(H,13,14). The maximum absolute atomic E-state index is 11.2. The Morgan fingerprint density at radius 3 is 2.60 bits per heavy atom. The number of halogens is 1. The van der Waals surface area contributed by atoms with E-state index in [1.807, 2.05) is 13.8 Å². The summed E-state index contributed by atoms with van der Waals surface area (Å²) in [6.45, 7) is 7.77. The fourth-order valence-electron chi connectivity index (χ4n) is 1.34. The number of hydrogen-bond donors (Lipinski definition) is 1. The van der Waals surface area contributed by atoms with E-state index in [-0.39, 0.29) is 11.4 Å². The molecular formula is C11H22BrNO2. The molecule has 0 rings (SSSR count). The van der Waals surface area contributed by atoms with Crippen molar-refractivity contribution in [3.8, 4) is 0 Å². The van der Waals surface area contributed by atoms with E-state index in [4.69, 9.17) is 4.74 Å². The minimum atomic E-state index is -0.138. The third kappa shape index (κ3) is 8.88. The molecule has 0 fully saturated rings. The van der Waals surface area contributed by atoms with Crippen molar-refractivity contribution in [2.45, 2.75) is 45.6 Å². The van der Waals surface area contributed by atoms with Gasteiger partial charge in [-0.3, -0.25) is 4.79 Å². The molecular weight excluding hydrogens is 258 g/mol. The third-order valence-electron chi connectivity index (χ3n) is 2.04. The van der Waals surface area contributed by atoms with Crippen LogP contribution in [0.25, 0.3) is 0 Å². The van der Waals surface area contributed by atoms with Gasteiger partial charge in [0.25, 0.3) is 0 Å². The fraction of sp³-hybridized carbons (Fsp3) is 0.909. The summed E-state index contributed by atoms with van der Waals surface area (Å²) in [5.74, 6) is 0.0366. The van der Waals surface area contributed by atoms with Crippen LogP contribution in [0.1, 0.15) is 40.0 Å². The highest BCUT2D eigenvalue weighted by Crippen LogP contribution is 2.11. The number of alkyl halides is 1. The van der Waals surface area contributed by atoms with E-state index in [2.05, 4.69) is 28.2 Å². The fourth-order valence-corrected chi connectivity index (χ4v) is 1.48. The van der Waals surface area contributed by atoms with Crippen molar-refractivity contribution < 1.29 is 9.53 Å². The molecule has 0 aliphatic heterocycles. The number of rotatable bonds is 8. The largest absolute Gasteiger partial charge is 0.381 e. The second-order valence-electron chi connectivity index (χ2n) is 4.28. The molecule has 1 amide bonds. The van der Waals surface area contributed by atoms with Crippen molar-refractivity contribution in [2.24, 2.45) is 0 Å². The van der Waals surface area contributed by atoms with Gasteiger partial charge in [0.05, 0.1) is 5.33 Å². The van der Waals surface area contributed by atoms with Crippen molar-refractivity contribution in [2.75, 3.05) is 18.5 Å². The van der Waals surface area contributed by atoms with Gasteiger partial charge in [-0.1, -0.05) is 22.9 Å². The van der Waals surface area contributed by atoms with E-state index >= 15 is 0 Å². The molecule has 0 saturated carbocycles. The van der Waals surface area contributed by atoms with Gasteiger partial charge in [0, 0.05) is 18.8 Å². The second-order valence-corrected chi connectivity index (χ2v) is 4.84. The zero-order valence-electron chi connectivity index (χ0n) is 9.94. The first-order valence-electron chi connectivity index (χ1n) is 5.46. The minimum Gasteiger partial charge on any atom is -0.381 e. The lowest BCUT2D eigenvalue weighted by Crippen LogP contribution is -2.44. The van der Waals surface area contributed by atoms with E-state index in [1.54, 1.807) is 0 Å². The Morgan fingerprint density at radius 2 is 2.07 bits per heavy atom. The molecule has 3 nitrogen and oxygen atoms in total. The predicted molar refractivity (Wildman–Crippen MR) is 66.4 cm³/mol. The van der Waals surface area contributed by atoms with Crippen LogP contribution in [0.3, 0.4) is 0 Å². The van der Waals surface area contributed by atoms with Gasteiger partial charge in [-0.05, 0) is 33.1 Å². The summed E-state index contributed by atoms with van der Waals surface area (Å²) in [5.41, 5.74) is -0.138. The SMILES string of the molecule is CCCOCCCC(C)(C)NC(=O)CBr. The highest BCUT2D eigenvalue weighted by Gasteiger charge is 2.18. The van der Waals surface area contributed by atoms with Crippen LogP contribution in [-0.2, 0) is 9.53 Å². The first kappa shape index (κ1) is 14.9. The van der Waals surface area contributed by atoms with E-state index in [0.717, 1.165) is 32.5 Å². The van der Waals surface area contributed by atoms with Gasteiger partial charge < -0.3 is 10.1 Å². The van der Waals surface area contributed by atoms with Crippen molar-refractivity contribution >= 4 is 21.8 Å². The molecule has 0 bridgehead atoms. The van der Waals surface area contributed by atoms with E-state index in [0.29, 0.717) is 5.33 Å². The maximum atomic E-state index is 11.2. The number of carbonyl (C=O) groups is 1. The zero-order chi connectivity index (χ0) is 11.7. The molecule has 90 valence electrons. The van der Waals surface area contributed by atoms with E-state index in [1.165, 1.54) is 0 Å². The molecule has 0 unspecified atom stereocenters. The summed E-state index contributed by atoms with van der Waals surface area (Å²) in [6, 6.07) is 0. The van der Waals surface area contributed by atoms with Crippen LogP contribution >= 0.6 is 15.9 Å². The molecule has 1 N–H and O–H groups in total. The van der Waals surface area contributed by atoms with Crippen LogP contribution in [0.2, 0.25) is 0 Å². The molecule has 0 aliphatic rings. The predicted octanol–water partition coefficient (Wildman–Crippen LogP) is 2.48. The van der Waals surface area contributed by atoms with E-state index in [9.17, 15) is 4.79 Å². The first-order chi connectivity index (χ1) is 7.02. The highest BCUT2D eigenvalue weighted by atomic mass is 79.9. The number of nitrogens with one attached hydrogen (secondary N) is 1. The molecule has 0 aromatic heterocycles. The smallest absolute Gasteiger partial charge is 0.231 e. The Morgan fingerprint density at radius 1 is 1.40 bits per heavy atom. The van der Waals surface area contributed by atoms with Crippen LogP contribution in [0, 0.1) is 0 Å². The van der Waals surface area contributed by atoms with Crippen molar-refractivity contribution in [3.05, 3.63) is 0 Å². The van der Waals surface area contributed by atoms with Crippen LogP contribution in [0.15, 0.2) is 0 Å². The number of amides is 1. The average Bonchev–Trinajstić information content (AvgIpc) is 2.16. The Kier molecular flexibility index (Phi) is 8.06. The van der Waals surface area contributed by atoms with Crippen molar-refractivity contribution in [1.29, 1.82) is 0 Å². The molecule has 0 atom stereocenters. The monoisotopic (exact) mass is 279 g/mol. The molecule has 0 aromatic rings. The number of ether oxygens (including phenoxy) is 1. The maximum Gasteiger partial charge on any atom is 0.231 e. The summed E-state index contributed by atoms with van der Waals surface area (Å²) in [6.07, 6.45) is 2.98. The molecule has 0 aliphatic carbocycles. The third-order valence-corrected chi connectivity index (χ3v) is 2.55. The van der Waals surface area contributed by atoms with Crippen molar-refractivity contribution in [3.63, 3.8) is 0 Å². The Balaban J connectivity index is 3.59. The molecule has 0 radical (unpaired) electrons. The summed E-state index contributed by atoms with van der Waals surface area (Å²) >= 11 is 3.13. The summed E-state index contributed by atoms with van der Waals surface area (Å²) < 4.78 is 5.39. The molecule has 0 heterocycles. The van der Waals surface area contributed by atoms with Crippen LogP contribution < -0.4 is 5.32 Å². The van der Waals surface area contributed by atoms with Gasteiger partial charge in [-0.15, -0.1) is 0 Å². The minimum absolute atomic E-state index is 0.0366. The highest BCUT2D eigenvalue weighted by molar-refractivity contribution is 9.09. The summed E-state index contributed by atoms with van der Waals surface area (Å²) in [5, 5.41) is 3.32.